The summed E-state index contributed by atoms with van der Waals surface area (Å²) in [4.78, 5) is 18.3. The van der Waals surface area contributed by atoms with Gasteiger partial charge in [0.05, 0.1) is 12.2 Å². The van der Waals surface area contributed by atoms with Crippen LogP contribution >= 0.6 is 0 Å². The molecule has 0 aliphatic carbocycles. The number of benzene rings is 1. The first-order valence-electron chi connectivity index (χ1n) is 6.30. The maximum Gasteiger partial charge on any atom is 0.254 e. The number of carbonyl (C=O) groups is 1. The highest BCUT2D eigenvalue weighted by Gasteiger charge is 2.14. The molecule has 3 nitrogen and oxygen atoms in total. The molecule has 0 radical (unpaired) electrons. The Morgan fingerprint density at radius 1 is 1.21 bits per heavy atom. The van der Waals surface area contributed by atoms with E-state index in [1.165, 1.54) is 5.56 Å². The lowest BCUT2D eigenvalue weighted by atomic mass is 10.0. The summed E-state index contributed by atoms with van der Waals surface area (Å²) in [6.45, 7) is 4.51. The highest BCUT2D eigenvalue weighted by molar-refractivity contribution is 5.95. The summed E-state index contributed by atoms with van der Waals surface area (Å²) in [6.07, 6.45) is 1.74. The van der Waals surface area contributed by atoms with E-state index in [-0.39, 0.29) is 5.91 Å². The third-order valence-electron chi connectivity index (χ3n) is 3.08. The SMILES string of the molecule is Cc1ccc(C(=O)N(C)Cc2ccccn2)c(C)c1. The summed E-state index contributed by atoms with van der Waals surface area (Å²) in [5, 5.41) is 0. The highest BCUT2D eigenvalue weighted by Crippen LogP contribution is 2.13. The number of hydrogen-bond acceptors (Lipinski definition) is 2. The van der Waals surface area contributed by atoms with E-state index in [1.807, 2.05) is 50.2 Å². The van der Waals surface area contributed by atoms with Crippen molar-refractivity contribution in [3.05, 3.63) is 65.0 Å². The van der Waals surface area contributed by atoms with Gasteiger partial charge in [-0.15, -0.1) is 0 Å². The van der Waals surface area contributed by atoms with Crippen LogP contribution in [0.4, 0.5) is 0 Å². The summed E-state index contributed by atoms with van der Waals surface area (Å²) < 4.78 is 0. The second-order valence-electron chi connectivity index (χ2n) is 4.80. The monoisotopic (exact) mass is 254 g/mol. The van der Waals surface area contributed by atoms with Gasteiger partial charge in [-0.2, -0.15) is 0 Å². The molecule has 0 fully saturated rings. The molecule has 0 spiro atoms. The Labute approximate surface area is 113 Å². The van der Waals surface area contributed by atoms with E-state index in [1.54, 1.807) is 18.1 Å². The van der Waals surface area contributed by atoms with Crippen LogP contribution in [0.3, 0.4) is 0 Å². The van der Waals surface area contributed by atoms with E-state index >= 15 is 0 Å². The number of amides is 1. The van der Waals surface area contributed by atoms with Crippen molar-refractivity contribution in [2.45, 2.75) is 20.4 Å². The number of aryl methyl sites for hydroxylation is 2. The van der Waals surface area contributed by atoms with Gasteiger partial charge in [-0.1, -0.05) is 23.8 Å². The van der Waals surface area contributed by atoms with Crippen molar-refractivity contribution in [2.24, 2.45) is 0 Å². The van der Waals surface area contributed by atoms with Gasteiger partial charge in [0.25, 0.3) is 5.91 Å². The summed E-state index contributed by atoms with van der Waals surface area (Å²) in [5.41, 5.74) is 3.83. The van der Waals surface area contributed by atoms with Gasteiger partial charge in [0.15, 0.2) is 0 Å². The molecule has 0 N–H and O–H groups in total. The zero-order chi connectivity index (χ0) is 13.8. The third-order valence-corrected chi connectivity index (χ3v) is 3.08. The van der Waals surface area contributed by atoms with Gasteiger partial charge in [-0.05, 0) is 37.6 Å². The van der Waals surface area contributed by atoms with Crippen molar-refractivity contribution in [2.75, 3.05) is 7.05 Å². The first-order valence-corrected chi connectivity index (χ1v) is 6.30. The fourth-order valence-corrected chi connectivity index (χ4v) is 2.07. The van der Waals surface area contributed by atoms with Crippen molar-refractivity contribution in [3.63, 3.8) is 0 Å². The van der Waals surface area contributed by atoms with Gasteiger partial charge in [0.1, 0.15) is 0 Å². The molecule has 0 aliphatic rings. The van der Waals surface area contributed by atoms with Gasteiger partial charge in [-0.3, -0.25) is 9.78 Å². The lowest BCUT2D eigenvalue weighted by molar-refractivity contribution is 0.0782. The normalized spacial score (nSPS) is 10.3. The Morgan fingerprint density at radius 3 is 2.63 bits per heavy atom. The van der Waals surface area contributed by atoms with Crippen LogP contribution in [-0.4, -0.2) is 22.8 Å². The molecule has 0 bridgehead atoms. The molecule has 2 rings (SSSR count). The number of nitrogens with zero attached hydrogens (tertiary/aromatic N) is 2. The van der Waals surface area contributed by atoms with Crippen LogP contribution in [0.5, 0.6) is 0 Å². The standard InChI is InChI=1S/C16H18N2O/c1-12-7-8-15(13(2)10-12)16(19)18(3)11-14-6-4-5-9-17-14/h4-10H,11H2,1-3H3. The van der Waals surface area contributed by atoms with Gasteiger partial charge in [0.2, 0.25) is 0 Å². The van der Waals surface area contributed by atoms with E-state index in [4.69, 9.17) is 0 Å². The highest BCUT2D eigenvalue weighted by atomic mass is 16.2. The predicted molar refractivity (Wildman–Crippen MR) is 76.0 cm³/mol. The summed E-state index contributed by atoms with van der Waals surface area (Å²) in [6, 6.07) is 11.6. The minimum absolute atomic E-state index is 0.0307. The molecule has 1 heterocycles. The molecular formula is C16H18N2O. The molecule has 0 aliphatic heterocycles. The van der Waals surface area contributed by atoms with Crippen LogP contribution in [0, 0.1) is 13.8 Å². The number of aromatic nitrogens is 1. The molecule has 98 valence electrons. The van der Waals surface area contributed by atoms with E-state index in [2.05, 4.69) is 4.98 Å². The average Bonchev–Trinajstić information content (AvgIpc) is 2.39. The van der Waals surface area contributed by atoms with Gasteiger partial charge < -0.3 is 4.90 Å². The average molecular weight is 254 g/mol. The second kappa shape index (κ2) is 5.65. The number of carbonyl (C=O) groups excluding carboxylic acids is 1. The number of rotatable bonds is 3. The molecule has 3 heteroatoms. The van der Waals surface area contributed by atoms with E-state index in [0.717, 1.165) is 16.8 Å². The fourth-order valence-electron chi connectivity index (χ4n) is 2.07. The smallest absolute Gasteiger partial charge is 0.254 e. The minimum Gasteiger partial charge on any atom is -0.336 e. The second-order valence-corrected chi connectivity index (χ2v) is 4.80. The summed E-state index contributed by atoms with van der Waals surface area (Å²) >= 11 is 0. The Balaban J connectivity index is 2.15. The molecule has 19 heavy (non-hydrogen) atoms. The summed E-state index contributed by atoms with van der Waals surface area (Å²) in [7, 11) is 1.80. The quantitative estimate of drug-likeness (QED) is 0.843. The molecule has 0 saturated carbocycles. The largest absolute Gasteiger partial charge is 0.336 e. The van der Waals surface area contributed by atoms with Crippen molar-refractivity contribution >= 4 is 5.91 Å². The Bertz CT molecular complexity index is 579. The lowest BCUT2D eigenvalue weighted by Gasteiger charge is -2.18. The van der Waals surface area contributed by atoms with Gasteiger partial charge >= 0.3 is 0 Å². The molecule has 2 aromatic rings. The van der Waals surface area contributed by atoms with Crippen molar-refractivity contribution < 1.29 is 4.79 Å². The number of hydrogen-bond donors (Lipinski definition) is 0. The lowest BCUT2D eigenvalue weighted by Crippen LogP contribution is -2.27. The number of pyridine rings is 1. The minimum atomic E-state index is 0.0307. The molecule has 0 atom stereocenters. The van der Waals surface area contributed by atoms with Crippen LogP contribution in [0.2, 0.25) is 0 Å². The Kier molecular flexibility index (Phi) is 3.95. The molecule has 0 saturated heterocycles. The molecular weight excluding hydrogens is 236 g/mol. The zero-order valence-electron chi connectivity index (χ0n) is 11.6. The third kappa shape index (κ3) is 3.19. The predicted octanol–water partition coefficient (Wildman–Crippen LogP) is 2.97. The van der Waals surface area contributed by atoms with Crippen LogP contribution < -0.4 is 0 Å². The van der Waals surface area contributed by atoms with E-state index in [0.29, 0.717) is 6.54 Å². The van der Waals surface area contributed by atoms with Gasteiger partial charge in [0, 0.05) is 18.8 Å². The van der Waals surface area contributed by atoms with Crippen LogP contribution in [0.25, 0.3) is 0 Å². The van der Waals surface area contributed by atoms with Crippen molar-refractivity contribution in [3.8, 4) is 0 Å². The Hall–Kier alpha value is -2.16. The Morgan fingerprint density at radius 2 is 2.00 bits per heavy atom. The van der Waals surface area contributed by atoms with Crippen molar-refractivity contribution in [1.82, 2.24) is 9.88 Å². The molecule has 0 unspecified atom stereocenters. The zero-order valence-corrected chi connectivity index (χ0v) is 11.6. The van der Waals surface area contributed by atoms with Crippen LogP contribution in [0.1, 0.15) is 27.2 Å². The van der Waals surface area contributed by atoms with E-state index in [9.17, 15) is 4.79 Å². The van der Waals surface area contributed by atoms with Crippen molar-refractivity contribution in [1.29, 1.82) is 0 Å². The molecule has 1 amide bonds. The maximum absolute atomic E-state index is 12.4. The van der Waals surface area contributed by atoms with Crippen LogP contribution in [0.15, 0.2) is 42.6 Å². The first-order chi connectivity index (χ1) is 9.08. The maximum atomic E-state index is 12.4. The fraction of sp³-hybridized carbons (Fsp3) is 0.250. The topological polar surface area (TPSA) is 33.2 Å². The van der Waals surface area contributed by atoms with E-state index < -0.39 is 0 Å². The van der Waals surface area contributed by atoms with Crippen LogP contribution in [-0.2, 0) is 6.54 Å². The first kappa shape index (κ1) is 13.3. The molecule has 1 aromatic carbocycles. The van der Waals surface area contributed by atoms with Gasteiger partial charge in [-0.25, -0.2) is 0 Å². The molecule has 1 aromatic heterocycles. The summed E-state index contributed by atoms with van der Waals surface area (Å²) in [5.74, 6) is 0.0307.